The summed E-state index contributed by atoms with van der Waals surface area (Å²) in [5.41, 5.74) is 0.485. The van der Waals surface area contributed by atoms with Crippen LogP contribution in [0, 0.1) is 0 Å². The van der Waals surface area contributed by atoms with Crippen LogP contribution in [0.1, 0.15) is 30.6 Å². The fourth-order valence-electron chi connectivity index (χ4n) is 2.71. The number of hydrogen-bond donors (Lipinski definition) is 1. The molecule has 22 heavy (non-hydrogen) atoms. The van der Waals surface area contributed by atoms with Gasteiger partial charge in [0.2, 0.25) is 0 Å². The molecule has 2 fully saturated rings. The lowest BCUT2D eigenvalue weighted by Crippen LogP contribution is -2.48. The molecule has 1 aromatic rings. The number of ether oxygens (including phenoxy) is 4. The smallest absolute Gasteiger partial charge is 0.338 e. The second-order valence-corrected chi connectivity index (χ2v) is 5.99. The highest BCUT2D eigenvalue weighted by Crippen LogP contribution is 2.36. The summed E-state index contributed by atoms with van der Waals surface area (Å²) in [5, 5.41) is 10.1. The van der Waals surface area contributed by atoms with Crippen molar-refractivity contribution in [1.29, 1.82) is 0 Å². The summed E-state index contributed by atoms with van der Waals surface area (Å²) in [6.45, 7) is 3.61. The van der Waals surface area contributed by atoms with Crippen LogP contribution in [-0.4, -0.2) is 48.1 Å². The van der Waals surface area contributed by atoms with Gasteiger partial charge in [0.15, 0.2) is 12.1 Å². The van der Waals surface area contributed by atoms with E-state index in [-0.39, 0.29) is 6.61 Å². The molecule has 2 heterocycles. The Kier molecular flexibility index (Phi) is 4.18. The third-order valence-electron chi connectivity index (χ3n) is 3.71. The number of benzene rings is 1. The van der Waals surface area contributed by atoms with E-state index in [1.54, 1.807) is 38.1 Å². The highest BCUT2D eigenvalue weighted by atomic mass is 16.8. The van der Waals surface area contributed by atoms with Crippen molar-refractivity contribution in [3.63, 3.8) is 0 Å². The van der Waals surface area contributed by atoms with Crippen molar-refractivity contribution >= 4 is 5.97 Å². The molecule has 0 amide bonds. The van der Waals surface area contributed by atoms with Crippen LogP contribution in [0.2, 0.25) is 0 Å². The van der Waals surface area contributed by atoms with Crippen molar-refractivity contribution in [2.24, 2.45) is 0 Å². The van der Waals surface area contributed by atoms with Gasteiger partial charge in [0.05, 0.1) is 17.8 Å². The second-order valence-electron chi connectivity index (χ2n) is 5.99. The van der Waals surface area contributed by atoms with Crippen LogP contribution in [0.5, 0.6) is 0 Å². The van der Waals surface area contributed by atoms with Crippen molar-refractivity contribution in [2.75, 3.05) is 6.61 Å². The number of fused-ring (bicyclic) bond motifs is 1. The maximum absolute atomic E-state index is 11.9. The number of carbonyl (C=O) groups excluding carboxylic acids is 1. The highest BCUT2D eigenvalue weighted by molar-refractivity contribution is 5.89. The van der Waals surface area contributed by atoms with Gasteiger partial charge >= 0.3 is 5.97 Å². The summed E-state index contributed by atoms with van der Waals surface area (Å²) in [4.78, 5) is 11.9. The van der Waals surface area contributed by atoms with E-state index < -0.39 is 36.4 Å². The summed E-state index contributed by atoms with van der Waals surface area (Å²) in [6.07, 6.45) is -1.93. The quantitative estimate of drug-likeness (QED) is 0.852. The van der Waals surface area contributed by atoms with E-state index in [1.807, 2.05) is 6.07 Å². The summed E-state index contributed by atoms with van der Waals surface area (Å²) >= 11 is 0. The molecular formula is C16H20O6. The van der Waals surface area contributed by atoms with Crippen LogP contribution < -0.4 is 0 Å². The monoisotopic (exact) mass is 308 g/mol. The molecule has 2 aliphatic heterocycles. The van der Waals surface area contributed by atoms with Crippen LogP contribution in [-0.2, 0) is 18.9 Å². The molecule has 0 spiro atoms. The van der Waals surface area contributed by atoms with Gasteiger partial charge in [0.1, 0.15) is 12.7 Å². The maximum atomic E-state index is 11.9. The molecule has 0 bridgehead atoms. The molecule has 6 nitrogen and oxygen atoms in total. The number of esters is 1. The Morgan fingerprint density at radius 1 is 1.32 bits per heavy atom. The van der Waals surface area contributed by atoms with Crippen molar-refractivity contribution < 1.29 is 28.8 Å². The Labute approximate surface area is 128 Å². The SMILES string of the molecule is CC1(C)OC2C(O)C[C@H](COC(=O)c3ccccc3)O[C@@H]2O1. The topological polar surface area (TPSA) is 74.2 Å². The zero-order chi connectivity index (χ0) is 15.7. The minimum atomic E-state index is -0.786. The van der Waals surface area contributed by atoms with Gasteiger partial charge in [-0.15, -0.1) is 0 Å². The van der Waals surface area contributed by atoms with Crippen molar-refractivity contribution in [1.82, 2.24) is 0 Å². The number of rotatable bonds is 3. The lowest BCUT2D eigenvalue weighted by Gasteiger charge is -2.33. The van der Waals surface area contributed by atoms with Gasteiger partial charge < -0.3 is 24.1 Å². The molecule has 2 saturated heterocycles. The van der Waals surface area contributed by atoms with E-state index in [9.17, 15) is 9.90 Å². The Balaban J connectivity index is 1.55. The largest absolute Gasteiger partial charge is 0.459 e. The highest BCUT2D eigenvalue weighted by Gasteiger charge is 2.50. The molecule has 3 rings (SSSR count). The van der Waals surface area contributed by atoms with Gasteiger partial charge in [-0.2, -0.15) is 0 Å². The molecule has 120 valence electrons. The number of aliphatic hydroxyl groups excluding tert-OH is 1. The van der Waals surface area contributed by atoms with E-state index in [1.165, 1.54) is 0 Å². The Bertz CT molecular complexity index is 529. The molecule has 0 radical (unpaired) electrons. The average molecular weight is 308 g/mol. The molecular weight excluding hydrogens is 288 g/mol. The Hall–Kier alpha value is -1.47. The van der Waals surface area contributed by atoms with Crippen molar-refractivity contribution in [3.8, 4) is 0 Å². The van der Waals surface area contributed by atoms with E-state index in [2.05, 4.69) is 0 Å². The molecule has 1 aromatic carbocycles. The molecule has 2 unspecified atom stereocenters. The lowest BCUT2D eigenvalue weighted by atomic mass is 10.0. The second kappa shape index (κ2) is 5.96. The average Bonchev–Trinajstić information content (AvgIpc) is 2.80. The Morgan fingerprint density at radius 2 is 2.05 bits per heavy atom. The molecule has 0 saturated carbocycles. The third kappa shape index (κ3) is 3.30. The van der Waals surface area contributed by atoms with Crippen molar-refractivity contribution in [2.45, 2.75) is 50.7 Å². The standard InChI is InChI=1S/C16H20O6/c1-16(2)21-13-12(17)8-11(20-15(13)22-16)9-19-14(18)10-6-4-3-5-7-10/h3-7,11-13,15,17H,8-9H2,1-2H3/t11-,12?,13?,15-/m1/s1. The van der Waals surface area contributed by atoms with Crippen LogP contribution in [0.15, 0.2) is 30.3 Å². The molecule has 6 heteroatoms. The summed E-state index contributed by atoms with van der Waals surface area (Å²) in [7, 11) is 0. The van der Waals surface area contributed by atoms with Gasteiger partial charge in [-0.1, -0.05) is 18.2 Å². The third-order valence-corrected chi connectivity index (χ3v) is 3.71. The number of hydrogen-bond acceptors (Lipinski definition) is 6. The fraction of sp³-hybridized carbons (Fsp3) is 0.562. The predicted octanol–water partition coefficient (Wildman–Crippen LogP) is 1.47. The van der Waals surface area contributed by atoms with Gasteiger partial charge in [0.25, 0.3) is 0 Å². The van der Waals surface area contributed by atoms with Crippen molar-refractivity contribution in [3.05, 3.63) is 35.9 Å². The molecule has 4 atom stereocenters. The zero-order valence-electron chi connectivity index (χ0n) is 12.6. The van der Waals surface area contributed by atoms with E-state index >= 15 is 0 Å². The van der Waals surface area contributed by atoms with Gasteiger partial charge in [0, 0.05) is 6.42 Å². The van der Waals surface area contributed by atoms with E-state index in [0.29, 0.717) is 12.0 Å². The van der Waals surface area contributed by atoms with Crippen LogP contribution in [0.3, 0.4) is 0 Å². The number of aliphatic hydroxyl groups is 1. The normalized spacial score (nSPS) is 33.2. The zero-order valence-corrected chi connectivity index (χ0v) is 12.6. The molecule has 0 aliphatic carbocycles. The fourth-order valence-corrected chi connectivity index (χ4v) is 2.71. The number of carbonyl (C=O) groups is 1. The molecule has 2 aliphatic rings. The van der Waals surface area contributed by atoms with Gasteiger partial charge in [-0.05, 0) is 26.0 Å². The summed E-state index contributed by atoms with van der Waals surface area (Å²) in [5.74, 6) is -1.20. The first-order valence-corrected chi connectivity index (χ1v) is 7.36. The predicted molar refractivity (Wildman–Crippen MR) is 76.0 cm³/mol. The summed E-state index contributed by atoms with van der Waals surface area (Å²) < 4.78 is 22.2. The first kappa shape index (κ1) is 15.4. The Morgan fingerprint density at radius 3 is 2.77 bits per heavy atom. The lowest BCUT2D eigenvalue weighted by molar-refractivity contribution is -0.224. The maximum Gasteiger partial charge on any atom is 0.338 e. The summed E-state index contributed by atoms with van der Waals surface area (Å²) in [6, 6.07) is 8.75. The van der Waals surface area contributed by atoms with Crippen LogP contribution in [0.4, 0.5) is 0 Å². The van der Waals surface area contributed by atoms with E-state index in [4.69, 9.17) is 18.9 Å². The minimum Gasteiger partial charge on any atom is -0.459 e. The van der Waals surface area contributed by atoms with Gasteiger partial charge in [-0.25, -0.2) is 4.79 Å². The molecule has 0 aromatic heterocycles. The first-order chi connectivity index (χ1) is 10.4. The first-order valence-electron chi connectivity index (χ1n) is 7.36. The van der Waals surface area contributed by atoms with Gasteiger partial charge in [-0.3, -0.25) is 0 Å². The van der Waals surface area contributed by atoms with Crippen LogP contribution >= 0.6 is 0 Å². The van der Waals surface area contributed by atoms with E-state index in [0.717, 1.165) is 0 Å². The minimum absolute atomic E-state index is 0.0673. The van der Waals surface area contributed by atoms with Crippen LogP contribution in [0.25, 0.3) is 0 Å². The molecule has 1 N–H and O–H groups in total.